The average molecular weight is 260 g/mol. The molecule has 1 aliphatic rings. The predicted octanol–water partition coefficient (Wildman–Crippen LogP) is 3.31. The first-order valence-corrected chi connectivity index (χ1v) is 7.15. The molecule has 2 N–H and O–H groups in total. The summed E-state index contributed by atoms with van der Waals surface area (Å²) >= 11 is 0. The zero-order valence-corrected chi connectivity index (χ0v) is 12.0. The standard InChI is InChI=1S/C16H24N2O/c1-13(19)18-15-8-4-3-7-14(15)11-17-12-16(2)9-5-6-10-16/h3-4,7-8,17H,5-6,9-12H2,1-2H3,(H,18,19). The van der Waals surface area contributed by atoms with Crippen molar-refractivity contribution in [3.05, 3.63) is 29.8 Å². The Morgan fingerprint density at radius 1 is 1.26 bits per heavy atom. The molecule has 2 rings (SSSR count). The van der Waals surface area contributed by atoms with Crippen LogP contribution in [0.5, 0.6) is 0 Å². The Bertz CT molecular complexity index is 436. The Kier molecular flexibility index (Phi) is 4.59. The largest absolute Gasteiger partial charge is 0.326 e. The Labute approximate surface area is 115 Å². The third-order valence-corrected chi connectivity index (χ3v) is 4.01. The highest BCUT2D eigenvalue weighted by Gasteiger charge is 2.27. The molecule has 1 aromatic carbocycles. The topological polar surface area (TPSA) is 41.1 Å². The smallest absolute Gasteiger partial charge is 0.221 e. The highest BCUT2D eigenvalue weighted by atomic mass is 16.1. The van der Waals surface area contributed by atoms with Crippen molar-refractivity contribution in [1.29, 1.82) is 0 Å². The van der Waals surface area contributed by atoms with Crippen LogP contribution in [0, 0.1) is 5.41 Å². The molecule has 0 spiro atoms. The predicted molar refractivity (Wildman–Crippen MR) is 79.0 cm³/mol. The number of hydrogen-bond acceptors (Lipinski definition) is 2. The molecule has 1 aliphatic carbocycles. The second-order valence-corrected chi connectivity index (χ2v) is 5.96. The molecule has 3 nitrogen and oxygen atoms in total. The van der Waals surface area contributed by atoms with E-state index in [2.05, 4.69) is 23.6 Å². The van der Waals surface area contributed by atoms with Crippen LogP contribution in [-0.4, -0.2) is 12.5 Å². The highest BCUT2D eigenvalue weighted by Crippen LogP contribution is 2.36. The van der Waals surface area contributed by atoms with Crippen LogP contribution >= 0.6 is 0 Å². The molecule has 0 saturated heterocycles. The first kappa shape index (κ1) is 14.1. The third kappa shape index (κ3) is 4.06. The van der Waals surface area contributed by atoms with Crippen LogP contribution in [0.4, 0.5) is 5.69 Å². The van der Waals surface area contributed by atoms with Crippen molar-refractivity contribution in [2.75, 3.05) is 11.9 Å². The minimum atomic E-state index is -0.0183. The van der Waals surface area contributed by atoms with E-state index in [9.17, 15) is 4.79 Å². The first-order chi connectivity index (χ1) is 9.09. The maximum Gasteiger partial charge on any atom is 0.221 e. The molecule has 0 bridgehead atoms. The highest BCUT2D eigenvalue weighted by molar-refractivity contribution is 5.89. The molecule has 19 heavy (non-hydrogen) atoms. The van der Waals surface area contributed by atoms with Gasteiger partial charge < -0.3 is 10.6 Å². The van der Waals surface area contributed by atoms with E-state index in [4.69, 9.17) is 0 Å². The summed E-state index contributed by atoms with van der Waals surface area (Å²) in [6, 6.07) is 7.98. The molecule has 0 heterocycles. The van der Waals surface area contributed by atoms with Gasteiger partial charge in [-0.1, -0.05) is 38.0 Å². The lowest BCUT2D eigenvalue weighted by Crippen LogP contribution is -2.29. The summed E-state index contributed by atoms with van der Waals surface area (Å²) in [5.41, 5.74) is 2.53. The summed E-state index contributed by atoms with van der Waals surface area (Å²) in [5.74, 6) is -0.0183. The molecule has 0 radical (unpaired) electrons. The number of anilines is 1. The summed E-state index contributed by atoms with van der Waals surface area (Å²) in [6.07, 6.45) is 5.38. The number of carbonyl (C=O) groups excluding carboxylic acids is 1. The molecule has 0 atom stereocenters. The lowest BCUT2D eigenvalue weighted by Gasteiger charge is -2.24. The van der Waals surface area contributed by atoms with Gasteiger partial charge in [0.15, 0.2) is 0 Å². The second-order valence-electron chi connectivity index (χ2n) is 5.96. The zero-order valence-electron chi connectivity index (χ0n) is 12.0. The van der Waals surface area contributed by atoms with Gasteiger partial charge in [0.05, 0.1) is 0 Å². The fourth-order valence-corrected chi connectivity index (χ4v) is 2.89. The second kappa shape index (κ2) is 6.20. The Morgan fingerprint density at radius 2 is 1.95 bits per heavy atom. The van der Waals surface area contributed by atoms with Gasteiger partial charge in [0.1, 0.15) is 0 Å². The fourth-order valence-electron chi connectivity index (χ4n) is 2.89. The minimum absolute atomic E-state index is 0.0183. The number of nitrogens with one attached hydrogen (secondary N) is 2. The Balaban J connectivity index is 1.90. The van der Waals surface area contributed by atoms with Gasteiger partial charge >= 0.3 is 0 Å². The van der Waals surface area contributed by atoms with Crippen LogP contribution in [0.3, 0.4) is 0 Å². The Morgan fingerprint density at radius 3 is 2.63 bits per heavy atom. The van der Waals surface area contributed by atoms with Gasteiger partial charge in [-0.25, -0.2) is 0 Å². The van der Waals surface area contributed by atoms with Crippen molar-refractivity contribution < 1.29 is 4.79 Å². The van der Waals surface area contributed by atoms with Crippen LogP contribution in [0.25, 0.3) is 0 Å². The fraction of sp³-hybridized carbons (Fsp3) is 0.562. The van der Waals surface area contributed by atoms with E-state index in [1.54, 1.807) is 6.92 Å². The van der Waals surface area contributed by atoms with Crippen LogP contribution in [0.2, 0.25) is 0 Å². The summed E-state index contributed by atoms with van der Waals surface area (Å²) in [6.45, 7) is 5.78. The molecule has 1 saturated carbocycles. The van der Waals surface area contributed by atoms with Crippen molar-refractivity contribution in [2.45, 2.75) is 46.1 Å². The molecule has 1 aromatic rings. The summed E-state index contributed by atoms with van der Waals surface area (Å²) in [7, 11) is 0. The van der Waals surface area contributed by atoms with E-state index in [0.717, 1.165) is 24.3 Å². The van der Waals surface area contributed by atoms with E-state index in [0.29, 0.717) is 5.41 Å². The van der Waals surface area contributed by atoms with Gasteiger partial charge in [-0.05, 0) is 29.9 Å². The van der Waals surface area contributed by atoms with Crippen LogP contribution in [-0.2, 0) is 11.3 Å². The maximum atomic E-state index is 11.2. The van der Waals surface area contributed by atoms with Crippen molar-refractivity contribution >= 4 is 11.6 Å². The maximum absolute atomic E-state index is 11.2. The lowest BCUT2D eigenvalue weighted by atomic mass is 9.89. The molecule has 0 aromatic heterocycles. The number of para-hydroxylation sites is 1. The van der Waals surface area contributed by atoms with Crippen molar-refractivity contribution in [2.24, 2.45) is 5.41 Å². The molecular formula is C16H24N2O. The molecule has 0 aliphatic heterocycles. The number of benzene rings is 1. The van der Waals surface area contributed by atoms with Crippen LogP contribution in [0.1, 0.15) is 45.1 Å². The summed E-state index contributed by atoms with van der Waals surface area (Å²) in [4.78, 5) is 11.2. The average Bonchev–Trinajstić information content (AvgIpc) is 2.78. The molecule has 0 unspecified atom stereocenters. The lowest BCUT2D eigenvalue weighted by molar-refractivity contribution is -0.114. The monoisotopic (exact) mass is 260 g/mol. The minimum Gasteiger partial charge on any atom is -0.326 e. The van der Waals surface area contributed by atoms with Gasteiger partial charge in [0.25, 0.3) is 0 Å². The van der Waals surface area contributed by atoms with E-state index in [-0.39, 0.29) is 5.91 Å². The van der Waals surface area contributed by atoms with Gasteiger partial charge in [-0.3, -0.25) is 4.79 Å². The normalized spacial score (nSPS) is 17.4. The first-order valence-electron chi connectivity index (χ1n) is 7.15. The molecule has 104 valence electrons. The van der Waals surface area contributed by atoms with Gasteiger partial charge in [0.2, 0.25) is 5.91 Å². The zero-order chi connectivity index (χ0) is 13.7. The number of rotatable bonds is 5. The van der Waals surface area contributed by atoms with Gasteiger partial charge in [-0.2, -0.15) is 0 Å². The summed E-state index contributed by atoms with van der Waals surface area (Å²) in [5, 5.41) is 6.43. The van der Waals surface area contributed by atoms with Crippen molar-refractivity contribution in [3.8, 4) is 0 Å². The van der Waals surface area contributed by atoms with Crippen LogP contribution < -0.4 is 10.6 Å². The molecular weight excluding hydrogens is 236 g/mol. The summed E-state index contributed by atoms with van der Waals surface area (Å²) < 4.78 is 0. The van der Waals surface area contributed by atoms with E-state index in [1.165, 1.54) is 25.7 Å². The SMILES string of the molecule is CC(=O)Nc1ccccc1CNCC1(C)CCCC1. The number of hydrogen-bond donors (Lipinski definition) is 2. The molecule has 3 heteroatoms. The number of amides is 1. The van der Waals surface area contributed by atoms with Crippen molar-refractivity contribution in [3.63, 3.8) is 0 Å². The van der Waals surface area contributed by atoms with E-state index in [1.807, 2.05) is 18.2 Å². The quantitative estimate of drug-likeness (QED) is 0.852. The van der Waals surface area contributed by atoms with E-state index >= 15 is 0 Å². The third-order valence-electron chi connectivity index (χ3n) is 4.01. The Hall–Kier alpha value is -1.35. The van der Waals surface area contributed by atoms with Gasteiger partial charge in [-0.15, -0.1) is 0 Å². The van der Waals surface area contributed by atoms with Gasteiger partial charge in [0, 0.05) is 25.7 Å². The molecule has 1 amide bonds. The van der Waals surface area contributed by atoms with Crippen molar-refractivity contribution in [1.82, 2.24) is 5.32 Å². The van der Waals surface area contributed by atoms with Crippen LogP contribution in [0.15, 0.2) is 24.3 Å². The number of carbonyl (C=O) groups is 1. The van der Waals surface area contributed by atoms with E-state index < -0.39 is 0 Å². The molecule has 1 fully saturated rings.